The van der Waals surface area contributed by atoms with Crippen molar-refractivity contribution in [1.29, 1.82) is 0 Å². The number of hydrogen-bond acceptors (Lipinski definition) is 4. The van der Waals surface area contributed by atoms with E-state index >= 15 is 0 Å². The number of benzene rings is 1. The van der Waals surface area contributed by atoms with Crippen LogP contribution >= 0.6 is 12.4 Å². The molecule has 0 saturated heterocycles. The summed E-state index contributed by atoms with van der Waals surface area (Å²) >= 11 is 0. The van der Waals surface area contributed by atoms with E-state index in [1.54, 1.807) is 18.2 Å². The summed E-state index contributed by atoms with van der Waals surface area (Å²) in [6, 6.07) is 6.45. The molecule has 0 bridgehead atoms. The van der Waals surface area contributed by atoms with Crippen molar-refractivity contribution in [3.63, 3.8) is 0 Å². The van der Waals surface area contributed by atoms with Crippen molar-refractivity contribution >= 4 is 24.6 Å². The molecule has 0 radical (unpaired) electrons. The lowest BCUT2D eigenvalue weighted by Gasteiger charge is -1.99. The first kappa shape index (κ1) is 12.4. The molecular weight excluding hydrogens is 231 g/mol. The van der Waals surface area contributed by atoms with Crippen molar-refractivity contribution < 1.29 is 4.39 Å². The van der Waals surface area contributed by atoms with Crippen LogP contribution in [0, 0.1) is 5.82 Å². The third-order valence-corrected chi connectivity index (χ3v) is 1.95. The van der Waals surface area contributed by atoms with Crippen molar-refractivity contribution in [3.8, 4) is 0 Å². The summed E-state index contributed by atoms with van der Waals surface area (Å²) < 4.78 is 13.1. The minimum atomic E-state index is -0.288. The zero-order valence-corrected chi connectivity index (χ0v) is 9.30. The first-order valence-corrected chi connectivity index (χ1v) is 4.68. The Morgan fingerprint density at radius 1 is 1.44 bits per heavy atom. The number of halogens is 2. The van der Waals surface area contributed by atoms with Crippen LogP contribution in [0.2, 0.25) is 0 Å². The maximum atomic E-state index is 13.1. The van der Waals surface area contributed by atoms with Gasteiger partial charge in [-0.1, -0.05) is 18.2 Å². The minimum absolute atomic E-state index is 0. The predicted molar refractivity (Wildman–Crippen MR) is 64.7 cm³/mol. The maximum Gasteiger partial charge on any atom is 0.212 e. The summed E-state index contributed by atoms with van der Waals surface area (Å²) in [6.07, 6.45) is 1.43. The van der Waals surface area contributed by atoms with Crippen LogP contribution in [0.1, 0.15) is 5.56 Å². The number of nitrogens with one attached hydrogen (secondary N) is 2. The van der Waals surface area contributed by atoms with Crippen molar-refractivity contribution in [2.75, 3.05) is 13.1 Å². The first-order chi connectivity index (χ1) is 7.36. The van der Waals surface area contributed by atoms with Gasteiger partial charge in [-0.25, -0.2) is 14.8 Å². The molecule has 86 valence electrons. The van der Waals surface area contributed by atoms with Gasteiger partial charge < -0.3 is 5.32 Å². The van der Waals surface area contributed by atoms with Gasteiger partial charge in [0.05, 0.1) is 12.8 Å². The fraction of sp³-hybridized carbons (Fsp3) is 0.200. The number of rotatable bonds is 2. The van der Waals surface area contributed by atoms with Gasteiger partial charge in [0, 0.05) is 12.1 Å². The summed E-state index contributed by atoms with van der Waals surface area (Å²) in [7, 11) is 0. The van der Waals surface area contributed by atoms with Gasteiger partial charge in [-0.05, 0) is 6.07 Å². The predicted octanol–water partition coefficient (Wildman–Crippen LogP) is 1.13. The highest BCUT2D eigenvalue weighted by molar-refractivity contribution is 5.85. The number of aliphatic imine (C=N–C) groups is 1. The van der Waals surface area contributed by atoms with Crippen LogP contribution < -0.4 is 10.7 Å². The molecule has 1 aromatic rings. The van der Waals surface area contributed by atoms with Gasteiger partial charge in [0.15, 0.2) is 0 Å². The summed E-state index contributed by atoms with van der Waals surface area (Å²) in [4.78, 5) is 4.08. The van der Waals surface area contributed by atoms with Crippen molar-refractivity contribution in [1.82, 2.24) is 10.7 Å². The van der Waals surface area contributed by atoms with Crippen LogP contribution in [-0.2, 0) is 0 Å². The summed E-state index contributed by atoms with van der Waals surface area (Å²) in [5, 5.41) is 6.87. The van der Waals surface area contributed by atoms with Gasteiger partial charge in [-0.2, -0.15) is 5.10 Å². The van der Waals surface area contributed by atoms with Crippen LogP contribution in [0.25, 0.3) is 0 Å². The second-order valence-corrected chi connectivity index (χ2v) is 3.05. The van der Waals surface area contributed by atoms with E-state index in [-0.39, 0.29) is 18.2 Å². The Bertz CT molecular complexity index is 406. The molecule has 0 amide bonds. The van der Waals surface area contributed by atoms with Crippen molar-refractivity contribution in [3.05, 3.63) is 35.6 Å². The standard InChI is InChI=1S/C10H11FN4.ClH/c11-9-4-2-1-3-8(9)7-14-15-10-12-5-6-13-10;/h1-4,7H,5-6H2,(H2,12,13,15);1H. The number of hydrogen-bond donors (Lipinski definition) is 2. The highest BCUT2D eigenvalue weighted by Gasteiger charge is 2.01. The van der Waals surface area contributed by atoms with Gasteiger partial charge in [0.1, 0.15) is 5.82 Å². The fourth-order valence-electron chi connectivity index (χ4n) is 1.22. The molecule has 0 saturated carbocycles. The van der Waals surface area contributed by atoms with E-state index in [0.29, 0.717) is 11.5 Å². The molecule has 0 fully saturated rings. The lowest BCUT2D eigenvalue weighted by Crippen LogP contribution is -2.30. The highest BCUT2D eigenvalue weighted by atomic mass is 35.5. The third kappa shape index (κ3) is 3.20. The van der Waals surface area contributed by atoms with Crippen molar-refractivity contribution in [2.24, 2.45) is 10.1 Å². The molecule has 0 spiro atoms. The molecule has 1 heterocycles. The van der Waals surface area contributed by atoms with E-state index in [1.807, 2.05) is 0 Å². The number of nitrogens with zero attached hydrogens (tertiary/aromatic N) is 2. The summed E-state index contributed by atoms with van der Waals surface area (Å²) in [5.74, 6) is 0.340. The summed E-state index contributed by atoms with van der Waals surface area (Å²) in [6.45, 7) is 1.56. The quantitative estimate of drug-likeness (QED) is 0.603. The van der Waals surface area contributed by atoms with Crippen LogP contribution in [0.15, 0.2) is 34.4 Å². The van der Waals surface area contributed by atoms with Crippen LogP contribution in [0.4, 0.5) is 4.39 Å². The molecule has 4 nitrogen and oxygen atoms in total. The van der Waals surface area contributed by atoms with Gasteiger partial charge in [0.25, 0.3) is 0 Å². The lowest BCUT2D eigenvalue weighted by molar-refractivity contribution is 0.626. The largest absolute Gasteiger partial charge is 0.353 e. The zero-order valence-electron chi connectivity index (χ0n) is 8.48. The Balaban J connectivity index is 0.00000128. The van der Waals surface area contributed by atoms with Crippen molar-refractivity contribution in [2.45, 2.75) is 0 Å². The van der Waals surface area contributed by atoms with E-state index in [1.165, 1.54) is 12.3 Å². The van der Waals surface area contributed by atoms with Gasteiger partial charge in [0.2, 0.25) is 5.96 Å². The highest BCUT2D eigenvalue weighted by Crippen LogP contribution is 2.02. The van der Waals surface area contributed by atoms with Gasteiger partial charge in [-0.3, -0.25) is 0 Å². The molecule has 2 rings (SSSR count). The Kier molecular flexibility index (Phi) is 4.72. The minimum Gasteiger partial charge on any atom is -0.353 e. The van der Waals surface area contributed by atoms with Crippen LogP contribution in [-0.4, -0.2) is 25.3 Å². The molecule has 1 aliphatic rings. The monoisotopic (exact) mass is 242 g/mol. The van der Waals surface area contributed by atoms with Crippen LogP contribution in [0.3, 0.4) is 0 Å². The molecule has 0 atom stereocenters. The third-order valence-electron chi connectivity index (χ3n) is 1.95. The van der Waals surface area contributed by atoms with E-state index < -0.39 is 0 Å². The molecule has 0 aliphatic carbocycles. The smallest absolute Gasteiger partial charge is 0.212 e. The van der Waals surface area contributed by atoms with E-state index in [9.17, 15) is 4.39 Å². The second-order valence-electron chi connectivity index (χ2n) is 3.05. The van der Waals surface area contributed by atoms with E-state index in [2.05, 4.69) is 20.8 Å². The molecule has 1 aliphatic heterocycles. The second kappa shape index (κ2) is 6.07. The Labute approximate surface area is 99.1 Å². The molecule has 16 heavy (non-hydrogen) atoms. The molecule has 2 N–H and O–H groups in total. The van der Waals surface area contributed by atoms with E-state index in [0.717, 1.165) is 13.1 Å². The van der Waals surface area contributed by atoms with Gasteiger partial charge in [-0.15, -0.1) is 12.4 Å². The SMILES string of the molecule is Cl.Fc1ccccc1C=NNC1=NCCN1. The normalized spacial score (nSPS) is 14.2. The molecule has 6 heteroatoms. The average molecular weight is 243 g/mol. The molecular formula is C10H12ClFN4. The lowest BCUT2D eigenvalue weighted by atomic mass is 10.2. The van der Waals surface area contributed by atoms with E-state index in [4.69, 9.17) is 0 Å². The Morgan fingerprint density at radius 3 is 2.94 bits per heavy atom. The first-order valence-electron chi connectivity index (χ1n) is 4.68. The Morgan fingerprint density at radius 2 is 2.25 bits per heavy atom. The Hall–Kier alpha value is -1.62. The zero-order chi connectivity index (χ0) is 10.5. The average Bonchev–Trinajstić information content (AvgIpc) is 2.74. The topological polar surface area (TPSA) is 48.8 Å². The fourth-order valence-corrected chi connectivity index (χ4v) is 1.22. The molecule has 0 aromatic heterocycles. The molecule has 0 unspecified atom stereocenters. The number of hydrazone groups is 1. The van der Waals surface area contributed by atoms with Crippen LogP contribution in [0.5, 0.6) is 0 Å². The molecule has 1 aromatic carbocycles. The summed E-state index contributed by atoms with van der Waals surface area (Å²) in [5.41, 5.74) is 3.15. The number of guanidine groups is 1. The van der Waals surface area contributed by atoms with Gasteiger partial charge >= 0.3 is 0 Å². The maximum absolute atomic E-state index is 13.1.